The number of amides is 1. The first-order valence-electron chi connectivity index (χ1n) is 6.66. The second kappa shape index (κ2) is 5.53. The number of nitrogens with one attached hydrogen (secondary N) is 2. The molecule has 3 heteroatoms. The van der Waals surface area contributed by atoms with E-state index in [0.29, 0.717) is 18.5 Å². The maximum absolute atomic E-state index is 11.1. The van der Waals surface area contributed by atoms with Crippen LogP contribution in [-0.4, -0.2) is 18.5 Å². The van der Waals surface area contributed by atoms with Crippen molar-refractivity contribution in [2.45, 2.75) is 45.7 Å². The molecule has 1 fully saturated rings. The second-order valence-corrected chi connectivity index (χ2v) is 5.29. The highest BCUT2D eigenvalue weighted by molar-refractivity contribution is 5.78. The molecule has 0 bridgehead atoms. The van der Waals surface area contributed by atoms with Crippen LogP contribution in [0, 0.1) is 13.8 Å². The number of rotatable bonds is 4. The van der Waals surface area contributed by atoms with E-state index in [0.717, 1.165) is 13.0 Å². The van der Waals surface area contributed by atoms with Crippen LogP contribution in [0.3, 0.4) is 0 Å². The predicted molar refractivity (Wildman–Crippen MR) is 73.5 cm³/mol. The van der Waals surface area contributed by atoms with Crippen LogP contribution in [0.2, 0.25) is 0 Å². The average molecular weight is 246 g/mol. The van der Waals surface area contributed by atoms with Gasteiger partial charge in [-0.2, -0.15) is 0 Å². The highest BCUT2D eigenvalue weighted by Gasteiger charge is 2.21. The van der Waals surface area contributed by atoms with E-state index in [-0.39, 0.29) is 5.91 Å². The zero-order valence-electron chi connectivity index (χ0n) is 11.4. The molecule has 1 aromatic carbocycles. The number of carbonyl (C=O) groups excluding carboxylic acids is 1. The molecule has 1 amide bonds. The Kier molecular flexibility index (Phi) is 4.02. The van der Waals surface area contributed by atoms with Gasteiger partial charge in [-0.25, -0.2) is 0 Å². The molecule has 18 heavy (non-hydrogen) atoms. The summed E-state index contributed by atoms with van der Waals surface area (Å²) in [6, 6.07) is 7.16. The maximum Gasteiger partial charge on any atom is 0.220 e. The lowest BCUT2D eigenvalue weighted by Crippen LogP contribution is -2.36. The highest BCUT2D eigenvalue weighted by Crippen LogP contribution is 2.19. The van der Waals surface area contributed by atoms with Gasteiger partial charge in [-0.1, -0.05) is 23.8 Å². The molecule has 1 aliphatic rings. The average Bonchev–Trinajstić information content (AvgIpc) is 2.75. The van der Waals surface area contributed by atoms with Crippen LogP contribution in [-0.2, 0) is 4.79 Å². The van der Waals surface area contributed by atoms with Gasteiger partial charge < -0.3 is 10.6 Å². The van der Waals surface area contributed by atoms with Crippen LogP contribution in [0.25, 0.3) is 0 Å². The number of aryl methyl sites for hydroxylation is 2. The summed E-state index contributed by atoms with van der Waals surface area (Å²) in [5.41, 5.74) is 3.95. The maximum atomic E-state index is 11.1. The molecule has 1 aliphatic heterocycles. The first-order valence-corrected chi connectivity index (χ1v) is 6.66. The molecule has 0 aromatic heterocycles. The van der Waals surface area contributed by atoms with Crippen LogP contribution in [0.1, 0.15) is 42.5 Å². The fourth-order valence-electron chi connectivity index (χ4n) is 2.49. The van der Waals surface area contributed by atoms with Crippen molar-refractivity contribution in [2.75, 3.05) is 6.54 Å². The number of hydrogen-bond donors (Lipinski definition) is 2. The van der Waals surface area contributed by atoms with Crippen molar-refractivity contribution in [3.05, 3.63) is 34.9 Å². The third-order valence-electron chi connectivity index (χ3n) is 3.66. The molecule has 2 unspecified atom stereocenters. The molecule has 0 saturated carbocycles. The minimum atomic E-state index is 0.182. The monoisotopic (exact) mass is 246 g/mol. The third-order valence-corrected chi connectivity index (χ3v) is 3.66. The minimum Gasteiger partial charge on any atom is -0.352 e. The molecule has 1 saturated heterocycles. The number of carbonyl (C=O) groups is 1. The van der Waals surface area contributed by atoms with Crippen LogP contribution < -0.4 is 10.6 Å². The van der Waals surface area contributed by atoms with Crippen molar-refractivity contribution >= 4 is 5.91 Å². The Balaban J connectivity index is 1.93. The van der Waals surface area contributed by atoms with Gasteiger partial charge >= 0.3 is 0 Å². The summed E-state index contributed by atoms with van der Waals surface area (Å²) in [6.07, 6.45) is 1.62. The largest absolute Gasteiger partial charge is 0.352 e. The summed E-state index contributed by atoms with van der Waals surface area (Å²) < 4.78 is 0. The van der Waals surface area contributed by atoms with Crippen molar-refractivity contribution in [1.29, 1.82) is 0 Å². The summed E-state index contributed by atoms with van der Waals surface area (Å²) in [5.74, 6) is 0.182. The third kappa shape index (κ3) is 3.10. The Hall–Kier alpha value is -1.35. The van der Waals surface area contributed by atoms with Gasteiger partial charge in [0.1, 0.15) is 0 Å². The second-order valence-electron chi connectivity index (χ2n) is 5.29. The van der Waals surface area contributed by atoms with Crippen molar-refractivity contribution in [2.24, 2.45) is 0 Å². The molecule has 1 aromatic rings. The van der Waals surface area contributed by atoms with Gasteiger partial charge in [0.15, 0.2) is 0 Å². The smallest absolute Gasteiger partial charge is 0.220 e. The predicted octanol–water partition coefficient (Wildman–Crippen LogP) is 2.23. The van der Waals surface area contributed by atoms with Gasteiger partial charge in [-0.15, -0.1) is 0 Å². The van der Waals surface area contributed by atoms with E-state index < -0.39 is 0 Å². The molecular weight excluding hydrogens is 224 g/mol. The molecule has 2 atom stereocenters. The fraction of sp³-hybridized carbons (Fsp3) is 0.533. The van der Waals surface area contributed by atoms with E-state index in [1.54, 1.807) is 0 Å². The van der Waals surface area contributed by atoms with Crippen LogP contribution >= 0.6 is 0 Å². The van der Waals surface area contributed by atoms with E-state index in [4.69, 9.17) is 0 Å². The fourth-order valence-corrected chi connectivity index (χ4v) is 2.49. The van der Waals surface area contributed by atoms with E-state index in [2.05, 4.69) is 49.6 Å². The SMILES string of the molecule is Cc1ccc(C)c(C(C)NCC2CCC(=O)N2)c1. The summed E-state index contributed by atoms with van der Waals surface area (Å²) >= 11 is 0. The summed E-state index contributed by atoms with van der Waals surface area (Å²) in [6.45, 7) is 7.29. The molecule has 0 radical (unpaired) electrons. The molecular formula is C15H22N2O. The Labute approximate surface area is 109 Å². The molecule has 0 spiro atoms. The standard InChI is InChI=1S/C15H22N2O/c1-10-4-5-11(2)14(8-10)12(3)16-9-13-6-7-15(18)17-13/h4-5,8,12-13,16H,6-7,9H2,1-3H3,(H,17,18). The van der Waals surface area contributed by atoms with Crippen molar-refractivity contribution in [3.63, 3.8) is 0 Å². The van der Waals surface area contributed by atoms with Gasteiger partial charge in [0, 0.05) is 25.0 Å². The highest BCUT2D eigenvalue weighted by atomic mass is 16.1. The zero-order valence-corrected chi connectivity index (χ0v) is 11.4. The van der Waals surface area contributed by atoms with E-state index >= 15 is 0 Å². The van der Waals surface area contributed by atoms with Crippen LogP contribution in [0.5, 0.6) is 0 Å². The lowest BCUT2D eigenvalue weighted by Gasteiger charge is -2.19. The lowest BCUT2D eigenvalue weighted by molar-refractivity contribution is -0.119. The quantitative estimate of drug-likeness (QED) is 0.855. The van der Waals surface area contributed by atoms with E-state index in [1.165, 1.54) is 16.7 Å². The first kappa shape index (κ1) is 13.1. The van der Waals surface area contributed by atoms with Gasteiger partial charge in [-0.05, 0) is 38.3 Å². The minimum absolute atomic E-state index is 0.182. The van der Waals surface area contributed by atoms with Gasteiger partial charge in [-0.3, -0.25) is 4.79 Å². The Bertz CT molecular complexity index is 442. The Morgan fingerprint density at radius 3 is 2.89 bits per heavy atom. The van der Waals surface area contributed by atoms with Crippen molar-refractivity contribution in [1.82, 2.24) is 10.6 Å². The number of benzene rings is 1. The van der Waals surface area contributed by atoms with Crippen LogP contribution in [0.15, 0.2) is 18.2 Å². The molecule has 3 nitrogen and oxygen atoms in total. The number of hydrogen-bond acceptors (Lipinski definition) is 2. The summed E-state index contributed by atoms with van der Waals surface area (Å²) in [7, 11) is 0. The molecule has 98 valence electrons. The molecule has 2 rings (SSSR count). The van der Waals surface area contributed by atoms with Gasteiger partial charge in [0.05, 0.1) is 0 Å². The summed E-state index contributed by atoms with van der Waals surface area (Å²) in [4.78, 5) is 11.1. The van der Waals surface area contributed by atoms with Crippen LogP contribution in [0.4, 0.5) is 0 Å². The lowest BCUT2D eigenvalue weighted by atomic mass is 10.00. The zero-order chi connectivity index (χ0) is 13.1. The molecule has 2 N–H and O–H groups in total. The normalized spacial score (nSPS) is 20.8. The first-order chi connectivity index (χ1) is 8.56. The summed E-state index contributed by atoms with van der Waals surface area (Å²) in [5, 5.41) is 6.50. The van der Waals surface area contributed by atoms with E-state index in [1.807, 2.05) is 0 Å². The Morgan fingerprint density at radius 2 is 2.22 bits per heavy atom. The molecule has 1 heterocycles. The molecule has 0 aliphatic carbocycles. The van der Waals surface area contributed by atoms with Crippen molar-refractivity contribution < 1.29 is 4.79 Å². The Morgan fingerprint density at radius 1 is 1.44 bits per heavy atom. The van der Waals surface area contributed by atoms with E-state index in [9.17, 15) is 4.79 Å². The topological polar surface area (TPSA) is 41.1 Å². The van der Waals surface area contributed by atoms with Gasteiger partial charge in [0.2, 0.25) is 5.91 Å². The van der Waals surface area contributed by atoms with Gasteiger partial charge in [0.25, 0.3) is 0 Å². The van der Waals surface area contributed by atoms with Crippen molar-refractivity contribution in [3.8, 4) is 0 Å².